The lowest BCUT2D eigenvalue weighted by molar-refractivity contribution is -0.146. The molecule has 0 spiro atoms. The van der Waals surface area contributed by atoms with Gasteiger partial charge in [-0.2, -0.15) is 0 Å². The van der Waals surface area contributed by atoms with Crippen molar-refractivity contribution < 1.29 is 14.3 Å². The van der Waals surface area contributed by atoms with Crippen LogP contribution < -0.4 is 0 Å². The van der Waals surface area contributed by atoms with Gasteiger partial charge in [0.2, 0.25) is 0 Å². The molecule has 0 bridgehead atoms. The highest BCUT2D eigenvalue weighted by molar-refractivity contribution is 5.94. The zero-order chi connectivity index (χ0) is 21.0. The fraction of sp³-hybridized carbons (Fsp3) is 0.583. The highest BCUT2D eigenvalue weighted by atomic mass is 16.5. The number of rotatable bonds is 4. The molecular formula is C24H38O3. The molecule has 0 N–H and O–H groups in total. The standard InChI is InChI=1S/C14H22O3.C8H10.C2H6/c1-5-10-7-12(15)8-11(6-9(2)3)13(10)14(16)17-4;1-7-3-5-8(2)6-4-7;1-2/h7,9,11,13H,5-6,8H2,1-4H3;3-6H,1-2H3;1-2H3. The monoisotopic (exact) mass is 374 g/mol. The smallest absolute Gasteiger partial charge is 0.313 e. The van der Waals surface area contributed by atoms with Crippen molar-refractivity contribution in [1.29, 1.82) is 0 Å². The normalized spacial score (nSPS) is 18.6. The molecular weight excluding hydrogens is 336 g/mol. The zero-order valence-electron chi connectivity index (χ0n) is 18.5. The average molecular weight is 375 g/mol. The molecule has 3 nitrogen and oxygen atoms in total. The van der Waals surface area contributed by atoms with Crippen LogP contribution in [-0.2, 0) is 14.3 Å². The Bertz CT molecular complexity index is 576. The number of hydrogen-bond acceptors (Lipinski definition) is 3. The second-order valence-electron chi connectivity index (χ2n) is 7.29. The molecule has 2 unspecified atom stereocenters. The number of hydrogen-bond donors (Lipinski definition) is 0. The molecule has 0 saturated carbocycles. The lowest BCUT2D eigenvalue weighted by atomic mass is 9.73. The molecule has 1 aromatic carbocycles. The van der Waals surface area contributed by atoms with Crippen LogP contribution in [0.15, 0.2) is 35.9 Å². The second-order valence-corrected chi connectivity index (χ2v) is 7.29. The third-order valence-corrected chi connectivity index (χ3v) is 4.54. The minimum atomic E-state index is -0.218. The molecule has 27 heavy (non-hydrogen) atoms. The maximum Gasteiger partial charge on any atom is 0.313 e. The van der Waals surface area contributed by atoms with Gasteiger partial charge in [0.15, 0.2) is 5.78 Å². The Morgan fingerprint density at radius 2 is 1.59 bits per heavy atom. The number of ketones is 1. The summed E-state index contributed by atoms with van der Waals surface area (Å²) >= 11 is 0. The van der Waals surface area contributed by atoms with Crippen LogP contribution in [0.3, 0.4) is 0 Å². The molecule has 0 radical (unpaired) electrons. The van der Waals surface area contributed by atoms with Crippen molar-refractivity contribution >= 4 is 11.8 Å². The maximum atomic E-state index is 11.9. The zero-order valence-corrected chi connectivity index (χ0v) is 18.5. The van der Waals surface area contributed by atoms with Crippen LogP contribution in [0.25, 0.3) is 0 Å². The van der Waals surface area contributed by atoms with Crippen molar-refractivity contribution in [3.63, 3.8) is 0 Å². The predicted molar refractivity (Wildman–Crippen MR) is 114 cm³/mol. The molecule has 2 rings (SSSR count). The van der Waals surface area contributed by atoms with Gasteiger partial charge in [-0.1, -0.05) is 75.6 Å². The van der Waals surface area contributed by atoms with E-state index in [-0.39, 0.29) is 23.6 Å². The average Bonchev–Trinajstić information content (AvgIpc) is 2.64. The number of carbonyl (C=O) groups is 2. The van der Waals surface area contributed by atoms with Gasteiger partial charge >= 0.3 is 5.97 Å². The van der Waals surface area contributed by atoms with E-state index in [0.29, 0.717) is 12.3 Å². The summed E-state index contributed by atoms with van der Waals surface area (Å²) in [5.74, 6) is 0.320. The van der Waals surface area contributed by atoms with E-state index in [1.54, 1.807) is 6.08 Å². The molecule has 1 aromatic rings. The Hall–Kier alpha value is -1.90. The molecule has 152 valence electrons. The summed E-state index contributed by atoms with van der Waals surface area (Å²) in [5.41, 5.74) is 3.59. The topological polar surface area (TPSA) is 43.4 Å². The summed E-state index contributed by atoms with van der Waals surface area (Å²) in [6, 6.07) is 8.48. The number of esters is 1. The minimum absolute atomic E-state index is 0.106. The van der Waals surface area contributed by atoms with Crippen LogP contribution in [0.1, 0.15) is 65.0 Å². The van der Waals surface area contributed by atoms with Gasteiger partial charge in [0.1, 0.15) is 0 Å². The summed E-state index contributed by atoms with van der Waals surface area (Å²) in [6.45, 7) is 14.4. The number of methoxy groups -OCH3 is 1. The first-order chi connectivity index (χ1) is 12.8. The molecule has 0 heterocycles. The first-order valence-corrected chi connectivity index (χ1v) is 10.1. The van der Waals surface area contributed by atoms with E-state index in [1.165, 1.54) is 18.2 Å². The number of benzene rings is 1. The lowest BCUT2D eigenvalue weighted by Gasteiger charge is -2.30. The predicted octanol–water partition coefficient (Wildman–Crippen LogP) is 6.08. The Labute approximate surface area is 166 Å². The van der Waals surface area contributed by atoms with Crippen LogP contribution in [-0.4, -0.2) is 18.9 Å². The van der Waals surface area contributed by atoms with Gasteiger partial charge < -0.3 is 4.74 Å². The molecule has 1 aliphatic rings. The molecule has 0 fully saturated rings. The van der Waals surface area contributed by atoms with Crippen LogP contribution in [0.2, 0.25) is 0 Å². The SMILES string of the molecule is CC.CCC1=CC(=O)CC(CC(C)C)C1C(=O)OC.Cc1ccc(C)cc1. The first-order valence-electron chi connectivity index (χ1n) is 10.1. The third kappa shape index (κ3) is 9.03. The summed E-state index contributed by atoms with van der Waals surface area (Å²) in [5, 5.41) is 0. The summed E-state index contributed by atoms with van der Waals surface area (Å²) in [7, 11) is 1.42. The van der Waals surface area contributed by atoms with E-state index in [0.717, 1.165) is 18.4 Å². The lowest BCUT2D eigenvalue weighted by Crippen LogP contribution is -2.32. The summed E-state index contributed by atoms with van der Waals surface area (Å²) in [6.07, 6.45) is 3.74. The fourth-order valence-electron chi connectivity index (χ4n) is 3.29. The first kappa shape index (κ1) is 25.1. The largest absolute Gasteiger partial charge is 0.469 e. The van der Waals surface area contributed by atoms with Crippen LogP contribution >= 0.6 is 0 Å². The van der Waals surface area contributed by atoms with Crippen molar-refractivity contribution in [2.45, 2.75) is 67.7 Å². The second kappa shape index (κ2) is 13.3. The van der Waals surface area contributed by atoms with Crippen molar-refractivity contribution in [2.75, 3.05) is 7.11 Å². The van der Waals surface area contributed by atoms with Gasteiger partial charge in [-0.05, 0) is 44.6 Å². The Balaban J connectivity index is 0.000000562. The summed E-state index contributed by atoms with van der Waals surface area (Å²) < 4.78 is 4.88. The van der Waals surface area contributed by atoms with E-state index in [9.17, 15) is 9.59 Å². The summed E-state index contributed by atoms with van der Waals surface area (Å²) in [4.78, 5) is 23.5. The van der Waals surface area contributed by atoms with Crippen LogP contribution in [0.4, 0.5) is 0 Å². The van der Waals surface area contributed by atoms with Crippen LogP contribution in [0, 0.1) is 31.6 Å². The number of allylic oxidation sites excluding steroid dienone is 1. The van der Waals surface area contributed by atoms with E-state index in [4.69, 9.17) is 4.74 Å². The molecule has 2 atom stereocenters. The van der Waals surface area contributed by atoms with Crippen molar-refractivity contribution in [2.24, 2.45) is 17.8 Å². The molecule has 3 heteroatoms. The number of carbonyl (C=O) groups excluding carboxylic acids is 2. The van der Waals surface area contributed by atoms with Gasteiger partial charge in [0, 0.05) is 6.42 Å². The van der Waals surface area contributed by atoms with Gasteiger partial charge in [-0.25, -0.2) is 0 Å². The molecule has 0 aliphatic heterocycles. The van der Waals surface area contributed by atoms with E-state index < -0.39 is 0 Å². The maximum absolute atomic E-state index is 11.9. The van der Waals surface area contributed by atoms with E-state index in [1.807, 2.05) is 20.8 Å². The van der Waals surface area contributed by atoms with Crippen molar-refractivity contribution in [3.05, 3.63) is 47.0 Å². The fourth-order valence-corrected chi connectivity index (χ4v) is 3.29. The van der Waals surface area contributed by atoms with Crippen molar-refractivity contribution in [3.8, 4) is 0 Å². The van der Waals surface area contributed by atoms with E-state index in [2.05, 4.69) is 52.0 Å². The Kier molecular flexibility index (Phi) is 12.4. The van der Waals surface area contributed by atoms with Gasteiger partial charge in [-0.15, -0.1) is 0 Å². The third-order valence-electron chi connectivity index (χ3n) is 4.54. The Morgan fingerprint density at radius 1 is 1.11 bits per heavy atom. The molecule has 0 amide bonds. The number of ether oxygens (including phenoxy) is 1. The molecule has 1 aliphatic carbocycles. The number of aryl methyl sites for hydroxylation is 2. The highest BCUT2D eigenvalue weighted by Gasteiger charge is 2.36. The van der Waals surface area contributed by atoms with Crippen LogP contribution in [0.5, 0.6) is 0 Å². The van der Waals surface area contributed by atoms with Gasteiger partial charge in [-0.3, -0.25) is 9.59 Å². The van der Waals surface area contributed by atoms with Gasteiger partial charge in [0.25, 0.3) is 0 Å². The minimum Gasteiger partial charge on any atom is -0.469 e. The molecule has 0 aromatic heterocycles. The van der Waals surface area contributed by atoms with Gasteiger partial charge in [0.05, 0.1) is 13.0 Å². The Morgan fingerprint density at radius 3 is 1.96 bits per heavy atom. The van der Waals surface area contributed by atoms with Crippen molar-refractivity contribution in [1.82, 2.24) is 0 Å². The quantitative estimate of drug-likeness (QED) is 0.600. The van der Waals surface area contributed by atoms with E-state index >= 15 is 0 Å². The highest BCUT2D eigenvalue weighted by Crippen LogP contribution is 2.35. The molecule has 0 saturated heterocycles.